The molecule has 0 radical (unpaired) electrons. The number of rotatable bonds is 6. The van der Waals surface area contributed by atoms with Crippen molar-refractivity contribution in [3.05, 3.63) is 65.9 Å². The molecule has 29 heavy (non-hydrogen) atoms. The number of nitrogens with zero attached hydrogens (tertiary/aromatic N) is 1. The van der Waals surface area contributed by atoms with E-state index in [9.17, 15) is 4.79 Å². The van der Waals surface area contributed by atoms with E-state index in [0.29, 0.717) is 13.0 Å². The molecule has 2 atom stereocenters. The van der Waals surface area contributed by atoms with E-state index in [0.717, 1.165) is 27.7 Å². The average Bonchev–Trinajstić information content (AvgIpc) is 3.02. The number of halogens is 2. The number of amides is 1. The molecule has 2 N–H and O–H groups in total. The minimum atomic E-state index is -0.972. The lowest BCUT2D eigenvalue weighted by molar-refractivity contribution is -0.125. The number of para-hydroxylation sites is 1. The maximum atomic E-state index is 12.8. The fraction of sp³-hybridized carbons (Fsp3) is 0.348. The van der Waals surface area contributed by atoms with E-state index in [1.165, 1.54) is 0 Å². The normalized spacial score (nSPS) is 21.0. The first-order valence-corrected chi connectivity index (χ1v) is 10.5. The molecule has 1 amide bonds. The second kappa shape index (κ2) is 7.26. The molecule has 4 rings (SSSR count). The van der Waals surface area contributed by atoms with E-state index in [1.54, 1.807) is 0 Å². The highest BCUT2D eigenvalue weighted by atomic mass is 35.5. The van der Waals surface area contributed by atoms with Crippen LogP contribution >= 0.6 is 23.2 Å². The van der Waals surface area contributed by atoms with Gasteiger partial charge >= 0.3 is 0 Å². The van der Waals surface area contributed by atoms with Crippen LogP contribution in [0, 0.1) is 5.41 Å². The Labute approximate surface area is 181 Å². The summed E-state index contributed by atoms with van der Waals surface area (Å²) in [7, 11) is 4.04. The number of carbonyl (C=O) groups is 1. The summed E-state index contributed by atoms with van der Waals surface area (Å²) in [6.07, 6.45) is 2.51. The molecule has 3 aromatic rings. The van der Waals surface area contributed by atoms with Gasteiger partial charge in [0.1, 0.15) is 4.33 Å². The summed E-state index contributed by atoms with van der Waals surface area (Å²) in [5, 5.41) is 4.26. The largest absolute Gasteiger partial charge is 0.378 e. The van der Waals surface area contributed by atoms with Gasteiger partial charge in [-0.05, 0) is 42.7 Å². The zero-order valence-corrected chi connectivity index (χ0v) is 18.3. The van der Waals surface area contributed by atoms with E-state index in [-0.39, 0.29) is 11.8 Å². The lowest BCUT2D eigenvalue weighted by Crippen LogP contribution is -2.36. The fourth-order valence-corrected chi connectivity index (χ4v) is 4.54. The van der Waals surface area contributed by atoms with Crippen molar-refractivity contribution in [2.75, 3.05) is 25.5 Å². The molecule has 6 heteroatoms. The number of nitrogens with one attached hydrogen (secondary N) is 2. The quantitative estimate of drug-likeness (QED) is 0.537. The number of hydrogen-bond donors (Lipinski definition) is 2. The maximum Gasteiger partial charge on any atom is 0.229 e. The van der Waals surface area contributed by atoms with E-state index in [4.69, 9.17) is 23.2 Å². The van der Waals surface area contributed by atoms with Gasteiger partial charge in [-0.3, -0.25) is 4.79 Å². The van der Waals surface area contributed by atoms with Gasteiger partial charge in [-0.1, -0.05) is 30.3 Å². The van der Waals surface area contributed by atoms with Gasteiger partial charge in [0.2, 0.25) is 5.91 Å². The van der Waals surface area contributed by atoms with Crippen LogP contribution < -0.4 is 10.2 Å². The Morgan fingerprint density at radius 3 is 2.45 bits per heavy atom. The molecule has 2 aromatic carbocycles. The number of benzene rings is 2. The molecular formula is C23H25Cl2N3O. The minimum Gasteiger partial charge on any atom is -0.378 e. The molecule has 152 valence electrons. The summed E-state index contributed by atoms with van der Waals surface area (Å²) in [5.41, 5.74) is 3.79. The van der Waals surface area contributed by atoms with E-state index >= 15 is 0 Å². The maximum absolute atomic E-state index is 12.8. The second-order valence-corrected chi connectivity index (χ2v) is 9.74. The predicted octanol–water partition coefficient (Wildman–Crippen LogP) is 5.07. The first-order chi connectivity index (χ1) is 13.7. The number of hydrogen-bond acceptors (Lipinski definition) is 2. The average molecular weight is 430 g/mol. The summed E-state index contributed by atoms with van der Waals surface area (Å²) in [6, 6.07) is 16.7. The third-order valence-corrected chi connectivity index (χ3v) is 7.14. The summed E-state index contributed by atoms with van der Waals surface area (Å²) < 4.78 is -0.972. The van der Waals surface area contributed by atoms with Gasteiger partial charge in [-0.15, -0.1) is 23.2 Å². The molecule has 0 aliphatic heterocycles. The highest BCUT2D eigenvalue weighted by molar-refractivity contribution is 6.53. The van der Waals surface area contributed by atoms with Crippen molar-refractivity contribution in [1.29, 1.82) is 0 Å². The van der Waals surface area contributed by atoms with Crippen LogP contribution in [0.25, 0.3) is 10.9 Å². The molecule has 0 bridgehead atoms. The first kappa shape index (κ1) is 20.1. The minimum absolute atomic E-state index is 0.00807. The van der Waals surface area contributed by atoms with E-state index in [2.05, 4.69) is 51.6 Å². The number of alkyl halides is 2. The van der Waals surface area contributed by atoms with Gasteiger partial charge in [0.15, 0.2) is 0 Å². The number of aromatic amines is 1. The third kappa shape index (κ3) is 3.60. The summed E-state index contributed by atoms with van der Waals surface area (Å²) in [4.78, 5) is 18.2. The van der Waals surface area contributed by atoms with E-state index in [1.807, 2.05) is 39.3 Å². The summed E-state index contributed by atoms with van der Waals surface area (Å²) >= 11 is 12.4. The Morgan fingerprint density at radius 1 is 1.17 bits per heavy atom. The molecule has 1 aliphatic rings. The molecule has 1 aromatic heterocycles. The van der Waals surface area contributed by atoms with Crippen LogP contribution in [-0.2, 0) is 4.79 Å². The van der Waals surface area contributed by atoms with Crippen molar-refractivity contribution >= 4 is 45.7 Å². The van der Waals surface area contributed by atoms with Crippen molar-refractivity contribution in [2.24, 2.45) is 5.41 Å². The lowest BCUT2D eigenvalue weighted by Gasteiger charge is -2.21. The lowest BCUT2D eigenvalue weighted by atomic mass is 9.90. The Morgan fingerprint density at radius 2 is 1.83 bits per heavy atom. The molecule has 0 spiro atoms. The van der Waals surface area contributed by atoms with Gasteiger partial charge in [-0.2, -0.15) is 0 Å². The van der Waals surface area contributed by atoms with Gasteiger partial charge < -0.3 is 15.2 Å². The second-order valence-electron chi connectivity index (χ2n) is 8.25. The highest BCUT2D eigenvalue weighted by Gasteiger charge is 2.67. The van der Waals surface area contributed by atoms with Crippen LogP contribution in [0.2, 0.25) is 0 Å². The Balaban J connectivity index is 1.65. The van der Waals surface area contributed by atoms with E-state index < -0.39 is 9.75 Å². The standard InChI is InChI=1S/C23H25Cl2N3O/c1-22(14-23(22,24)25)21(29)27-12-18(15-8-10-16(11-9-15)28(2)3)19-13-26-20-7-5-4-6-17(19)20/h4-11,13,18,26H,12,14H2,1-3H3,(H,27,29)/t18-,22+/m0/s1. The van der Waals surface area contributed by atoms with Crippen LogP contribution in [0.15, 0.2) is 54.7 Å². The van der Waals surface area contributed by atoms with Crippen molar-refractivity contribution < 1.29 is 4.79 Å². The molecule has 1 saturated carbocycles. The van der Waals surface area contributed by atoms with Crippen molar-refractivity contribution in [2.45, 2.75) is 23.6 Å². The summed E-state index contributed by atoms with van der Waals surface area (Å²) in [6.45, 7) is 2.29. The molecule has 1 aliphatic carbocycles. The highest BCUT2D eigenvalue weighted by Crippen LogP contribution is 2.63. The Bertz CT molecular complexity index is 1040. The van der Waals surface area contributed by atoms with Crippen molar-refractivity contribution in [3.63, 3.8) is 0 Å². The third-order valence-electron chi connectivity index (χ3n) is 6.03. The predicted molar refractivity (Wildman–Crippen MR) is 121 cm³/mol. The number of carbonyl (C=O) groups excluding carboxylic acids is 1. The van der Waals surface area contributed by atoms with Crippen LogP contribution in [0.3, 0.4) is 0 Å². The molecule has 0 saturated heterocycles. The van der Waals surface area contributed by atoms with Crippen molar-refractivity contribution in [1.82, 2.24) is 10.3 Å². The molecule has 1 fully saturated rings. The molecule has 1 heterocycles. The van der Waals surface area contributed by atoms with Gasteiger partial charge in [-0.25, -0.2) is 0 Å². The number of H-pyrrole nitrogens is 1. The van der Waals surface area contributed by atoms with Gasteiger partial charge in [0, 0.05) is 49.3 Å². The van der Waals surface area contributed by atoms with Gasteiger partial charge in [0.05, 0.1) is 5.41 Å². The van der Waals surface area contributed by atoms with Gasteiger partial charge in [0.25, 0.3) is 0 Å². The van der Waals surface area contributed by atoms with Crippen LogP contribution in [0.4, 0.5) is 5.69 Å². The van der Waals surface area contributed by atoms with Crippen molar-refractivity contribution in [3.8, 4) is 0 Å². The zero-order valence-electron chi connectivity index (χ0n) is 16.8. The Kier molecular flexibility index (Phi) is 5.04. The number of aromatic nitrogens is 1. The van der Waals surface area contributed by atoms with Crippen LogP contribution in [0.5, 0.6) is 0 Å². The molecular weight excluding hydrogens is 405 g/mol. The smallest absolute Gasteiger partial charge is 0.229 e. The monoisotopic (exact) mass is 429 g/mol. The summed E-state index contributed by atoms with van der Waals surface area (Å²) in [5.74, 6) is -0.0917. The van der Waals surface area contributed by atoms with Crippen LogP contribution in [0.1, 0.15) is 30.4 Å². The number of anilines is 1. The van der Waals surface area contributed by atoms with Crippen LogP contribution in [-0.4, -0.2) is 35.9 Å². The molecule has 4 nitrogen and oxygen atoms in total. The SMILES string of the molecule is CN(C)c1ccc([C@H](CNC(=O)[C@@]2(C)CC2(Cl)Cl)c2c[nH]c3ccccc23)cc1. The first-order valence-electron chi connectivity index (χ1n) is 9.72. The zero-order chi connectivity index (χ0) is 20.8. The fourth-order valence-electron chi connectivity index (χ4n) is 3.83. The Hall–Kier alpha value is -2.17. The topological polar surface area (TPSA) is 48.1 Å². The molecule has 0 unspecified atom stereocenters. The number of fused-ring (bicyclic) bond motifs is 1.